The second-order valence-electron chi connectivity index (χ2n) is 5.05. The summed E-state index contributed by atoms with van der Waals surface area (Å²) in [4.78, 5) is 0. The molecule has 0 unspecified atom stereocenters. The number of unbranched alkanes of at least 4 members (excludes halogenated alkanes) is 7. The topological polar surface area (TPSA) is 13.1 Å². The molecule has 0 aromatic carbocycles. The lowest BCUT2D eigenvalue weighted by molar-refractivity contribution is -0.733. The molecule has 3 heteroatoms. The standard InChI is InChI=1S/C16H27BrNO/c1-2-3-4-5-6-7-8-9-13-19-15-18-12-10-11-16(17)14-18/h10-12,14H,2-9,13,15H2,1H3/q+1. The molecular weight excluding hydrogens is 302 g/mol. The highest BCUT2D eigenvalue weighted by atomic mass is 79.9. The van der Waals surface area contributed by atoms with Crippen molar-refractivity contribution in [2.45, 2.75) is 65.0 Å². The van der Waals surface area contributed by atoms with Gasteiger partial charge in [0.05, 0.1) is 11.1 Å². The first-order valence-electron chi connectivity index (χ1n) is 7.55. The molecule has 0 spiro atoms. The van der Waals surface area contributed by atoms with Crippen LogP contribution in [0.25, 0.3) is 0 Å². The van der Waals surface area contributed by atoms with Crippen LogP contribution in [0.4, 0.5) is 0 Å². The van der Waals surface area contributed by atoms with Gasteiger partial charge in [0.2, 0.25) is 0 Å². The van der Waals surface area contributed by atoms with Gasteiger partial charge in [-0.1, -0.05) is 51.9 Å². The lowest BCUT2D eigenvalue weighted by Gasteiger charge is -2.02. The molecule has 0 aliphatic carbocycles. The molecule has 1 heterocycles. The number of rotatable bonds is 11. The number of halogens is 1. The van der Waals surface area contributed by atoms with Crippen LogP contribution in [0, 0.1) is 0 Å². The van der Waals surface area contributed by atoms with E-state index in [9.17, 15) is 0 Å². The van der Waals surface area contributed by atoms with Gasteiger partial charge in [0, 0.05) is 6.07 Å². The normalized spacial score (nSPS) is 10.8. The zero-order valence-corrected chi connectivity index (χ0v) is 13.7. The van der Waals surface area contributed by atoms with E-state index in [1.54, 1.807) is 0 Å². The van der Waals surface area contributed by atoms with Crippen molar-refractivity contribution in [3.05, 3.63) is 29.0 Å². The molecule has 0 aliphatic rings. The van der Waals surface area contributed by atoms with E-state index in [1.165, 1.54) is 51.4 Å². The maximum Gasteiger partial charge on any atom is 0.252 e. The number of hydrogen-bond donors (Lipinski definition) is 0. The predicted octanol–water partition coefficient (Wildman–Crippen LogP) is 4.85. The van der Waals surface area contributed by atoms with Crippen LogP contribution >= 0.6 is 15.9 Å². The second-order valence-corrected chi connectivity index (χ2v) is 5.96. The first-order chi connectivity index (χ1) is 9.33. The quantitative estimate of drug-likeness (QED) is 0.418. The van der Waals surface area contributed by atoms with Gasteiger partial charge >= 0.3 is 0 Å². The van der Waals surface area contributed by atoms with Crippen LogP contribution in [0.15, 0.2) is 29.0 Å². The first-order valence-corrected chi connectivity index (χ1v) is 8.34. The molecule has 0 saturated carbocycles. The van der Waals surface area contributed by atoms with Crippen molar-refractivity contribution in [3.8, 4) is 0 Å². The van der Waals surface area contributed by atoms with Crippen molar-refractivity contribution in [2.24, 2.45) is 0 Å². The molecule has 19 heavy (non-hydrogen) atoms. The molecule has 0 amide bonds. The third-order valence-electron chi connectivity index (χ3n) is 3.20. The van der Waals surface area contributed by atoms with Crippen LogP contribution in [-0.4, -0.2) is 6.61 Å². The first kappa shape index (κ1) is 16.6. The Hall–Kier alpha value is -0.410. The largest absolute Gasteiger partial charge is 0.323 e. The van der Waals surface area contributed by atoms with E-state index >= 15 is 0 Å². The van der Waals surface area contributed by atoms with Crippen molar-refractivity contribution < 1.29 is 9.30 Å². The fourth-order valence-electron chi connectivity index (χ4n) is 2.08. The van der Waals surface area contributed by atoms with Gasteiger partial charge in [-0.2, -0.15) is 4.57 Å². The maximum absolute atomic E-state index is 5.66. The SMILES string of the molecule is CCCCCCCCCCOC[n+]1cccc(Br)c1. The highest BCUT2D eigenvalue weighted by Gasteiger charge is 2.00. The van der Waals surface area contributed by atoms with E-state index in [0.29, 0.717) is 6.73 Å². The number of ether oxygens (including phenoxy) is 1. The Bertz CT molecular complexity index is 330. The fraction of sp³-hybridized carbons (Fsp3) is 0.688. The fourth-order valence-corrected chi connectivity index (χ4v) is 2.49. The number of pyridine rings is 1. The minimum Gasteiger partial charge on any atom is -0.323 e. The summed E-state index contributed by atoms with van der Waals surface area (Å²) in [7, 11) is 0. The minimum atomic E-state index is 0.649. The van der Waals surface area contributed by atoms with Crippen molar-refractivity contribution in [1.82, 2.24) is 0 Å². The molecule has 1 aromatic rings. The molecular formula is C16H27BrNO+. The summed E-state index contributed by atoms with van der Waals surface area (Å²) in [5.74, 6) is 0. The van der Waals surface area contributed by atoms with Crippen molar-refractivity contribution in [1.29, 1.82) is 0 Å². The Morgan fingerprint density at radius 3 is 2.42 bits per heavy atom. The molecule has 0 fully saturated rings. The highest BCUT2D eigenvalue weighted by molar-refractivity contribution is 9.10. The van der Waals surface area contributed by atoms with Crippen LogP contribution in [0.2, 0.25) is 0 Å². The Kier molecular flexibility index (Phi) is 10.0. The third-order valence-corrected chi connectivity index (χ3v) is 3.67. The molecule has 0 atom stereocenters. The Balaban J connectivity index is 1.89. The Morgan fingerprint density at radius 1 is 1.05 bits per heavy atom. The molecule has 108 valence electrons. The van der Waals surface area contributed by atoms with Gasteiger partial charge in [0.15, 0.2) is 12.4 Å². The zero-order chi connectivity index (χ0) is 13.8. The predicted molar refractivity (Wildman–Crippen MR) is 82.9 cm³/mol. The van der Waals surface area contributed by atoms with E-state index in [-0.39, 0.29) is 0 Å². The van der Waals surface area contributed by atoms with E-state index in [1.807, 2.05) is 24.5 Å². The summed E-state index contributed by atoms with van der Waals surface area (Å²) in [6.45, 7) is 3.78. The lowest BCUT2D eigenvalue weighted by Crippen LogP contribution is -2.34. The van der Waals surface area contributed by atoms with Gasteiger partial charge in [-0.15, -0.1) is 0 Å². The number of hydrogen-bond acceptors (Lipinski definition) is 1. The van der Waals surface area contributed by atoms with Gasteiger partial charge in [-0.05, 0) is 28.4 Å². The molecule has 0 N–H and O–H groups in total. The second kappa shape index (κ2) is 11.4. The summed E-state index contributed by atoms with van der Waals surface area (Å²) >= 11 is 3.45. The summed E-state index contributed by atoms with van der Waals surface area (Å²) in [6, 6.07) is 4.04. The van der Waals surface area contributed by atoms with Crippen molar-refractivity contribution in [3.63, 3.8) is 0 Å². The van der Waals surface area contributed by atoms with Crippen LogP contribution < -0.4 is 4.57 Å². The average molecular weight is 329 g/mol. The van der Waals surface area contributed by atoms with Crippen LogP contribution in [0.1, 0.15) is 58.3 Å². The molecule has 0 radical (unpaired) electrons. The van der Waals surface area contributed by atoms with E-state index in [0.717, 1.165) is 11.1 Å². The van der Waals surface area contributed by atoms with Crippen LogP contribution in [0.5, 0.6) is 0 Å². The van der Waals surface area contributed by atoms with Crippen LogP contribution in [0.3, 0.4) is 0 Å². The molecule has 0 aliphatic heterocycles. The minimum absolute atomic E-state index is 0.649. The summed E-state index contributed by atoms with van der Waals surface area (Å²) in [6.07, 6.45) is 14.8. The molecule has 0 bridgehead atoms. The Morgan fingerprint density at radius 2 is 1.74 bits per heavy atom. The summed E-state index contributed by atoms with van der Waals surface area (Å²) < 4.78 is 8.80. The average Bonchev–Trinajstić information content (AvgIpc) is 2.41. The van der Waals surface area contributed by atoms with Gasteiger partial charge in [-0.25, -0.2) is 0 Å². The smallest absolute Gasteiger partial charge is 0.252 e. The zero-order valence-electron chi connectivity index (χ0n) is 12.1. The summed E-state index contributed by atoms with van der Waals surface area (Å²) in [5.41, 5.74) is 0. The van der Waals surface area contributed by atoms with E-state index in [2.05, 4.69) is 27.4 Å². The Labute approximate surface area is 126 Å². The van der Waals surface area contributed by atoms with Crippen molar-refractivity contribution in [2.75, 3.05) is 6.61 Å². The number of aromatic nitrogens is 1. The number of nitrogens with zero attached hydrogens (tertiary/aromatic N) is 1. The highest BCUT2D eigenvalue weighted by Crippen LogP contribution is 2.08. The van der Waals surface area contributed by atoms with Crippen molar-refractivity contribution >= 4 is 15.9 Å². The van der Waals surface area contributed by atoms with E-state index in [4.69, 9.17) is 4.74 Å². The van der Waals surface area contributed by atoms with Crippen LogP contribution in [-0.2, 0) is 11.5 Å². The van der Waals surface area contributed by atoms with Gasteiger partial charge in [-0.3, -0.25) is 0 Å². The third kappa shape index (κ3) is 9.17. The maximum atomic E-state index is 5.66. The molecule has 1 aromatic heterocycles. The lowest BCUT2D eigenvalue weighted by atomic mass is 10.1. The summed E-state index contributed by atoms with van der Waals surface area (Å²) in [5, 5.41) is 0. The monoisotopic (exact) mass is 328 g/mol. The van der Waals surface area contributed by atoms with E-state index < -0.39 is 0 Å². The molecule has 1 rings (SSSR count). The van der Waals surface area contributed by atoms with Gasteiger partial charge < -0.3 is 4.74 Å². The molecule has 0 saturated heterocycles. The van der Waals surface area contributed by atoms with Gasteiger partial charge in [0.1, 0.15) is 0 Å². The van der Waals surface area contributed by atoms with Gasteiger partial charge in [0.25, 0.3) is 6.73 Å². The molecule has 2 nitrogen and oxygen atoms in total.